The summed E-state index contributed by atoms with van der Waals surface area (Å²) in [5, 5.41) is 9.01. The highest BCUT2D eigenvalue weighted by molar-refractivity contribution is 5.04. The quantitative estimate of drug-likeness (QED) is 0.710. The molecular formula is C10H17N3O3. The van der Waals surface area contributed by atoms with E-state index in [1.807, 2.05) is 4.57 Å². The van der Waals surface area contributed by atoms with Crippen molar-refractivity contribution in [2.24, 2.45) is 5.73 Å². The Morgan fingerprint density at radius 3 is 3.19 bits per heavy atom. The Labute approximate surface area is 94.0 Å². The van der Waals surface area contributed by atoms with Gasteiger partial charge in [0.1, 0.15) is 0 Å². The van der Waals surface area contributed by atoms with Crippen molar-refractivity contribution in [3.8, 4) is 0 Å². The van der Waals surface area contributed by atoms with E-state index in [1.54, 1.807) is 12.5 Å². The lowest BCUT2D eigenvalue weighted by Gasteiger charge is -2.24. The van der Waals surface area contributed by atoms with E-state index in [0.29, 0.717) is 26.4 Å². The van der Waals surface area contributed by atoms with Gasteiger partial charge in [-0.25, -0.2) is 4.98 Å². The molecule has 0 aromatic carbocycles. The molecule has 0 bridgehead atoms. The fraction of sp³-hybridized carbons (Fsp3) is 0.700. The summed E-state index contributed by atoms with van der Waals surface area (Å²) in [6.07, 6.45) is 3.40. The number of hydrogen-bond acceptors (Lipinski definition) is 5. The molecule has 2 rings (SSSR count). The van der Waals surface area contributed by atoms with Gasteiger partial charge in [0, 0.05) is 6.20 Å². The van der Waals surface area contributed by atoms with E-state index >= 15 is 0 Å². The van der Waals surface area contributed by atoms with Crippen molar-refractivity contribution < 1.29 is 14.6 Å². The zero-order valence-electron chi connectivity index (χ0n) is 9.08. The average molecular weight is 227 g/mol. The third-order valence-electron chi connectivity index (χ3n) is 2.61. The van der Waals surface area contributed by atoms with Crippen LogP contribution in [0.3, 0.4) is 0 Å². The Balaban J connectivity index is 2.00. The number of nitrogens with zero attached hydrogens (tertiary/aromatic N) is 2. The van der Waals surface area contributed by atoms with Crippen LogP contribution < -0.4 is 5.73 Å². The molecule has 1 aliphatic rings. The molecule has 2 atom stereocenters. The Morgan fingerprint density at radius 2 is 2.50 bits per heavy atom. The molecule has 2 heterocycles. The van der Waals surface area contributed by atoms with Crippen LogP contribution in [-0.4, -0.2) is 47.2 Å². The predicted molar refractivity (Wildman–Crippen MR) is 56.8 cm³/mol. The lowest BCUT2D eigenvalue weighted by atomic mass is 10.2. The monoisotopic (exact) mass is 227 g/mol. The predicted octanol–water partition coefficient (Wildman–Crippen LogP) is -0.709. The van der Waals surface area contributed by atoms with Crippen molar-refractivity contribution in [3.05, 3.63) is 18.2 Å². The zero-order chi connectivity index (χ0) is 11.4. The molecular weight excluding hydrogens is 210 g/mol. The minimum Gasteiger partial charge on any atom is -0.394 e. The number of ether oxygens (including phenoxy) is 2. The van der Waals surface area contributed by atoms with Gasteiger partial charge in [-0.05, 0) is 0 Å². The largest absolute Gasteiger partial charge is 0.394 e. The number of nitrogens with two attached hydrogens (primary N) is 1. The fourth-order valence-corrected chi connectivity index (χ4v) is 1.75. The van der Waals surface area contributed by atoms with E-state index in [1.165, 1.54) is 0 Å². The van der Waals surface area contributed by atoms with Crippen molar-refractivity contribution >= 4 is 0 Å². The Kier molecular flexibility index (Phi) is 3.89. The maximum atomic E-state index is 9.01. The maximum absolute atomic E-state index is 9.01. The molecule has 90 valence electrons. The molecule has 1 aliphatic heterocycles. The molecule has 0 aliphatic carbocycles. The van der Waals surface area contributed by atoms with Gasteiger partial charge in [0.05, 0.1) is 57.1 Å². The minimum absolute atomic E-state index is 0.0348. The summed E-state index contributed by atoms with van der Waals surface area (Å²) >= 11 is 0. The third kappa shape index (κ3) is 2.59. The number of imidazole rings is 1. The summed E-state index contributed by atoms with van der Waals surface area (Å²) in [5.41, 5.74) is 6.58. The summed E-state index contributed by atoms with van der Waals surface area (Å²) in [6, 6.07) is -0.396. The van der Waals surface area contributed by atoms with E-state index in [0.717, 1.165) is 5.69 Å². The number of hydrogen-bond donors (Lipinski definition) is 2. The molecule has 1 fully saturated rings. The third-order valence-corrected chi connectivity index (χ3v) is 2.61. The molecule has 0 saturated carbocycles. The lowest BCUT2D eigenvalue weighted by Crippen LogP contribution is -2.33. The standard InChI is InChI=1S/C10H17N3O3/c11-9(5-14)10-3-12-7-13(10)4-8-6-15-1-2-16-8/h3,7-9,14H,1-2,4-6,11H2. The summed E-state index contributed by atoms with van der Waals surface area (Å²) in [7, 11) is 0. The van der Waals surface area contributed by atoms with Crippen molar-refractivity contribution in [1.29, 1.82) is 0 Å². The van der Waals surface area contributed by atoms with E-state index < -0.39 is 6.04 Å². The minimum atomic E-state index is -0.396. The van der Waals surface area contributed by atoms with Gasteiger partial charge in [-0.3, -0.25) is 0 Å². The number of rotatable bonds is 4. The fourth-order valence-electron chi connectivity index (χ4n) is 1.75. The van der Waals surface area contributed by atoms with E-state index in [2.05, 4.69) is 4.98 Å². The summed E-state index contributed by atoms with van der Waals surface area (Å²) in [6.45, 7) is 2.44. The molecule has 3 N–H and O–H groups in total. The molecule has 0 radical (unpaired) electrons. The molecule has 1 saturated heterocycles. The highest BCUT2D eigenvalue weighted by Crippen LogP contribution is 2.12. The summed E-state index contributed by atoms with van der Waals surface area (Å²) < 4.78 is 12.8. The van der Waals surface area contributed by atoms with Gasteiger partial charge in [-0.2, -0.15) is 0 Å². The first kappa shape index (κ1) is 11.5. The molecule has 6 nitrogen and oxygen atoms in total. The van der Waals surface area contributed by atoms with Crippen LogP contribution in [0.5, 0.6) is 0 Å². The van der Waals surface area contributed by atoms with Crippen LogP contribution in [0.1, 0.15) is 11.7 Å². The first-order valence-corrected chi connectivity index (χ1v) is 5.37. The summed E-state index contributed by atoms with van der Waals surface area (Å²) in [4.78, 5) is 4.03. The SMILES string of the molecule is NC(CO)c1cncn1CC1COCCO1. The van der Waals surface area contributed by atoms with E-state index in [-0.39, 0.29) is 12.7 Å². The van der Waals surface area contributed by atoms with Crippen LogP contribution in [0, 0.1) is 0 Å². The van der Waals surface area contributed by atoms with Crippen LogP contribution in [-0.2, 0) is 16.0 Å². The average Bonchev–Trinajstić information content (AvgIpc) is 2.77. The first-order chi connectivity index (χ1) is 7.81. The molecule has 16 heavy (non-hydrogen) atoms. The van der Waals surface area contributed by atoms with Crippen LogP contribution in [0.4, 0.5) is 0 Å². The first-order valence-electron chi connectivity index (χ1n) is 5.37. The van der Waals surface area contributed by atoms with Crippen LogP contribution in [0.25, 0.3) is 0 Å². The molecule has 6 heteroatoms. The van der Waals surface area contributed by atoms with Gasteiger partial charge in [-0.1, -0.05) is 0 Å². The smallest absolute Gasteiger partial charge is 0.0988 e. The van der Waals surface area contributed by atoms with Crippen LogP contribution in [0.15, 0.2) is 12.5 Å². The van der Waals surface area contributed by atoms with Gasteiger partial charge < -0.3 is 24.9 Å². The Morgan fingerprint density at radius 1 is 1.62 bits per heavy atom. The van der Waals surface area contributed by atoms with Gasteiger partial charge in [0.25, 0.3) is 0 Å². The number of aliphatic hydroxyl groups is 1. The molecule has 1 aromatic heterocycles. The Hall–Kier alpha value is -0.950. The van der Waals surface area contributed by atoms with E-state index in [9.17, 15) is 0 Å². The van der Waals surface area contributed by atoms with Crippen molar-refractivity contribution in [3.63, 3.8) is 0 Å². The number of aliphatic hydroxyl groups excluding tert-OH is 1. The van der Waals surface area contributed by atoms with Crippen molar-refractivity contribution in [2.75, 3.05) is 26.4 Å². The lowest BCUT2D eigenvalue weighted by molar-refractivity contribution is -0.0938. The van der Waals surface area contributed by atoms with Crippen LogP contribution >= 0.6 is 0 Å². The van der Waals surface area contributed by atoms with Gasteiger partial charge in [-0.15, -0.1) is 0 Å². The van der Waals surface area contributed by atoms with Gasteiger partial charge in [0.2, 0.25) is 0 Å². The second kappa shape index (κ2) is 5.40. The highest BCUT2D eigenvalue weighted by atomic mass is 16.6. The van der Waals surface area contributed by atoms with Gasteiger partial charge >= 0.3 is 0 Å². The van der Waals surface area contributed by atoms with Gasteiger partial charge in [0.15, 0.2) is 0 Å². The van der Waals surface area contributed by atoms with Crippen LogP contribution in [0.2, 0.25) is 0 Å². The van der Waals surface area contributed by atoms with E-state index in [4.69, 9.17) is 20.3 Å². The molecule has 2 unspecified atom stereocenters. The normalized spacial score (nSPS) is 23.2. The number of aromatic nitrogens is 2. The molecule has 0 amide bonds. The zero-order valence-corrected chi connectivity index (χ0v) is 9.08. The molecule has 0 spiro atoms. The summed E-state index contributed by atoms with van der Waals surface area (Å²) in [5.74, 6) is 0. The molecule has 1 aromatic rings. The Bertz CT molecular complexity index is 323. The second-order valence-corrected chi connectivity index (χ2v) is 3.83. The highest BCUT2D eigenvalue weighted by Gasteiger charge is 2.18. The van der Waals surface area contributed by atoms with Crippen molar-refractivity contribution in [2.45, 2.75) is 18.7 Å². The maximum Gasteiger partial charge on any atom is 0.0988 e. The second-order valence-electron chi connectivity index (χ2n) is 3.83. The van der Waals surface area contributed by atoms with Crippen molar-refractivity contribution in [1.82, 2.24) is 9.55 Å². The topological polar surface area (TPSA) is 82.5 Å².